The standard InChI is InChI=1S/C24H23FN2O4S2/c1-26-13-16-11-21(19-9-4-5-10-20(19)25)27(14-16)33(28,29)18-8-6-7-17(12-18)24-23(31-3)22(30-2)15-32-24/h4-12,14-15,26H,13H2,1-3H3. The Labute approximate surface area is 196 Å². The third kappa shape index (κ3) is 4.27. The number of rotatable bonds is 8. The zero-order chi connectivity index (χ0) is 23.6. The molecule has 2 aromatic heterocycles. The van der Waals surface area contributed by atoms with Gasteiger partial charge in [-0.15, -0.1) is 11.3 Å². The zero-order valence-electron chi connectivity index (χ0n) is 18.3. The summed E-state index contributed by atoms with van der Waals surface area (Å²) in [5.41, 5.74) is 1.87. The smallest absolute Gasteiger partial charge is 0.268 e. The van der Waals surface area contributed by atoms with Gasteiger partial charge in [-0.1, -0.05) is 24.3 Å². The van der Waals surface area contributed by atoms with Crippen LogP contribution in [0.3, 0.4) is 0 Å². The van der Waals surface area contributed by atoms with E-state index in [0.717, 1.165) is 14.4 Å². The Morgan fingerprint density at radius 2 is 1.85 bits per heavy atom. The predicted molar refractivity (Wildman–Crippen MR) is 128 cm³/mol. The first-order valence-corrected chi connectivity index (χ1v) is 12.4. The number of halogens is 1. The minimum Gasteiger partial charge on any atom is -0.492 e. The van der Waals surface area contributed by atoms with Gasteiger partial charge in [-0.2, -0.15) is 0 Å². The molecule has 2 aromatic carbocycles. The molecule has 2 heterocycles. The number of nitrogens with one attached hydrogen (secondary N) is 1. The topological polar surface area (TPSA) is 69.6 Å². The van der Waals surface area contributed by atoms with Crippen LogP contribution in [0.5, 0.6) is 11.5 Å². The first-order valence-electron chi connectivity index (χ1n) is 10.1. The Balaban J connectivity index is 1.86. The Kier molecular flexibility index (Phi) is 6.55. The quantitative estimate of drug-likeness (QED) is 0.380. The fraction of sp³-hybridized carbons (Fsp3) is 0.167. The molecule has 6 nitrogen and oxygen atoms in total. The van der Waals surface area contributed by atoms with Crippen molar-refractivity contribution < 1.29 is 22.3 Å². The van der Waals surface area contributed by atoms with Gasteiger partial charge >= 0.3 is 0 Å². The van der Waals surface area contributed by atoms with Gasteiger partial charge in [-0.25, -0.2) is 16.8 Å². The van der Waals surface area contributed by atoms with Crippen LogP contribution < -0.4 is 14.8 Å². The lowest BCUT2D eigenvalue weighted by atomic mass is 10.1. The summed E-state index contributed by atoms with van der Waals surface area (Å²) in [5, 5.41) is 4.81. The van der Waals surface area contributed by atoms with E-state index in [-0.39, 0.29) is 16.2 Å². The van der Waals surface area contributed by atoms with Gasteiger partial charge in [0.1, 0.15) is 5.82 Å². The third-order valence-electron chi connectivity index (χ3n) is 5.16. The molecule has 4 rings (SSSR count). The van der Waals surface area contributed by atoms with Crippen molar-refractivity contribution >= 4 is 21.4 Å². The lowest BCUT2D eigenvalue weighted by Gasteiger charge is -2.12. The second-order valence-corrected chi connectivity index (χ2v) is 9.93. The highest BCUT2D eigenvalue weighted by atomic mass is 32.2. The van der Waals surface area contributed by atoms with Crippen molar-refractivity contribution in [3.05, 3.63) is 77.6 Å². The van der Waals surface area contributed by atoms with Crippen LogP contribution in [0.4, 0.5) is 4.39 Å². The molecule has 0 bridgehead atoms. The van der Waals surface area contributed by atoms with Crippen molar-refractivity contribution in [3.8, 4) is 33.2 Å². The first kappa shape index (κ1) is 23.0. The van der Waals surface area contributed by atoms with E-state index in [1.165, 1.54) is 29.7 Å². The Morgan fingerprint density at radius 3 is 2.55 bits per heavy atom. The summed E-state index contributed by atoms with van der Waals surface area (Å²) in [6.45, 7) is 0.441. The highest BCUT2D eigenvalue weighted by Crippen LogP contribution is 2.44. The van der Waals surface area contributed by atoms with Gasteiger partial charge in [0.15, 0.2) is 11.5 Å². The minimum absolute atomic E-state index is 0.0821. The maximum Gasteiger partial charge on any atom is 0.268 e. The van der Waals surface area contributed by atoms with E-state index < -0.39 is 15.8 Å². The molecular formula is C24H23FN2O4S2. The van der Waals surface area contributed by atoms with E-state index in [4.69, 9.17) is 9.47 Å². The summed E-state index contributed by atoms with van der Waals surface area (Å²) in [6.07, 6.45) is 1.52. The SMILES string of the molecule is CNCc1cc(-c2ccccc2F)n(S(=O)(=O)c2cccc(-c3scc(OC)c3OC)c2)c1. The second-order valence-electron chi connectivity index (χ2n) is 7.24. The molecule has 0 aliphatic rings. The van der Waals surface area contributed by atoms with Crippen LogP contribution in [-0.2, 0) is 16.6 Å². The van der Waals surface area contributed by atoms with Gasteiger partial charge in [-0.05, 0) is 48.5 Å². The molecule has 0 spiro atoms. The molecule has 172 valence electrons. The summed E-state index contributed by atoms with van der Waals surface area (Å²) < 4.78 is 54.0. The van der Waals surface area contributed by atoms with E-state index in [1.807, 2.05) is 11.4 Å². The molecule has 0 aliphatic carbocycles. The van der Waals surface area contributed by atoms with Crippen molar-refractivity contribution in [1.82, 2.24) is 9.29 Å². The summed E-state index contributed by atoms with van der Waals surface area (Å²) in [6, 6.07) is 14.4. The fourth-order valence-electron chi connectivity index (χ4n) is 3.64. The van der Waals surface area contributed by atoms with E-state index in [1.54, 1.807) is 57.7 Å². The number of benzene rings is 2. The highest BCUT2D eigenvalue weighted by molar-refractivity contribution is 7.90. The predicted octanol–water partition coefficient (Wildman–Crippen LogP) is 5.00. The third-order valence-corrected chi connectivity index (χ3v) is 7.82. The monoisotopic (exact) mass is 486 g/mol. The molecule has 0 radical (unpaired) electrons. The number of thiophene rings is 1. The summed E-state index contributed by atoms with van der Waals surface area (Å²) in [5.74, 6) is 0.628. The molecule has 0 amide bonds. The van der Waals surface area contributed by atoms with Crippen molar-refractivity contribution in [2.75, 3.05) is 21.3 Å². The Morgan fingerprint density at radius 1 is 1.06 bits per heavy atom. The van der Waals surface area contributed by atoms with Crippen molar-refractivity contribution in [2.45, 2.75) is 11.4 Å². The highest BCUT2D eigenvalue weighted by Gasteiger charge is 2.24. The largest absolute Gasteiger partial charge is 0.492 e. The number of hydrogen-bond acceptors (Lipinski definition) is 6. The van der Waals surface area contributed by atoms with Gasteiger partial charge in [0.05, 0.1) is 29.7 Å². The number of methoxy groups -OCH3 is 2. The van der Waals surface area contributed by atoms with Crippen molar-refractivity contribution in [2.24, 2.45) is 0 Å². The number of aromatic nitrogens is 1. The summed E-state index contributed by atoms with van der Waals surface area (Å²) in [7, 11) is 0.829. The lowest BCUT2D eigenvalue weighted by Crippen LogP contribution is -2.14. The second kappa shape index (κ2) is 9.38. The average molecular weight is 487 g/mol. The van der Waals surface area contributed by atoms with E-state index in [2.05, 4.69) is 5.32 Å². The van der Waals surface area contributed by atoms with Gasteiger partial charge in [0.25, 0.3) is 10.0 Å². The van der Waals surface area contributed by atoms with Gasteiger partial charge in [0.2, 0.25) is 0 Å². The van der Waals surface area contributed by atoms with Gasteiger partial charge < -0.3 is 14.8 Å². The van der Waals surface area contributed by atoms with Crippen LogP contribution in [0.25, 0.3) is 21.7 Å². The fourth-order valence-corrected chi connectivity index (χ4v) is 6.06. The lowest BCUT2D eigenvalue weighted by molar-refractivity contribution is 0.359. The van der Waals surface area contributed by atoms with Crippen LogP contribution in [0, 0.1) is 5.82 Å². The number of ether oxygens (including phenoxy) is 2. The van der Waals surface area contributed by atoms with Crippen LogP contribution in [0.15, 0.2) is 71.1 Å². The van der Waals surface area contributed by atoms with E-state index >= 15 is 0 Å². The number of hydrogen-bond donors (Lipinski definition) is 1. The first-order chi connectivity index (χ1) is 15.9. The molecule has 0 aliphatic heterocycles. The molecule has 0 unspecified atom stereocenters. The molecule has 9 heteroatoms. The van der Waals surface area contributed by atoms with Crippen LogP contribution in [0.2, 0.25) is 0 Å². The molecule has 33 heavy (non-hydrogen) atoms. The molecule has 0 saturated carbocycles. The maximum absolute atomic E-state index is 14.6. The van der Waals surface area contributed by atoms with Crippen molar-refractivity contribution in [3.63, 3.8) is 0 Å². The number of nitrogens with zero attached hydrogens (tertiary/aromatic N) is 1. The molecule has 4 aromatic rings. The van der Waals surface area contributed by atoms with Gasteiger partial charge in [-0.3, -0.25) is 0 Å². The van der Waals surface area contributed by atoms with Crippen LogP contribution in [0.1, 0.15) is 5.56 Å². The molecule has 0 atom stereocenters. The van der Waals surface area contributed by atoms with E-state index in [0.29, 0.717) is 23.6 Å². The van der Waals surface area contributed by atoms with Gasteiger partial charge in [0, 0.05) is 23.7 Å². The summed E-state index contributed by atoms with van der Waals surface area (Å²) >= 11 is 1.40. The van der Waals surface area contributed by atoms with Crippen LogP contribution >= 0.6 is 11.3 Å². The molecule has 0 fully saturated rings. The maximum atomic E-state index is 14.6. The molecule has 0 saturated heterocycles. The molecular weight excluding hydrogens is 463 g/mol. The van der Waals surface area contributed by atoms with Crippen molar-refractivity contribution in [1.29, 1.82) is 0 Å². The normalized spacial score (nSPS) is 11.5. The summed E-state index contributed by atoms with van der Waals surface area (Å²) in [4.78, 5) is 0.836. The minimum atomic E-state index is -4.03. The Bertz CT molecular complexity index is 1390. The van der Waals surface area contributed by atoms with Crippen LogP contribution in [-0.4, -0.2) is 33.7 Å². The van der Waals surface area contributed by atoms with E-state index in [9.17, 15) is 12.8 Å². The molecule has 1 N–H and O–H groups in total. The Hall–Kier alpha value is -3.14. The average Bonchev–Trinajstić information content (AvgIpc) is 3.44. The zero-order valence-corrected chi connectivity index (χ0v) is 20.0.